The van der Waals surface area contributed by atoms with E-state index >= 15 is 0 Å². The number of rotatable bonds is 5. The third-order valence-corrected chi connectivity index (χ3v) is 9.80. The Morgan fingerprint density at radius 1 is 0.881 bits per heavy atom. The quantitative estimate of drug-likeness (QED) is 0.130. The average molecular weight is 745 g/mol. The summed E-state index contributed by atoms with van der Waals surface area (Å²) in [6.07, 6.45) is 6.46. The summed E-state index contributed by atoms with van der Waals surface area (Å²) >= 11 is 0. The Bertz CT molecular complexity index is 1800. The SMILES string of the molecule is CC(C)c1ccc(-c2[c-]cccc2)nc1.C[Si](C)(C)c1c[c-]c(-c2cc(C3CC3)ccn2)c2oc3ccccc3c12.[Ir]. The van der Waals surface area contributed by atoms with E-state index in [0.717, 1.165) is 33.7 Å². The number of aromatic nitrogens is 2. The molecular weight excluding hydrogens is 709 g/mol. The molecular formula is C37H36IrN2OSi-2. The molecule has 0 spiro atoms. The molecule has 5 heteroatoms. The molecule has 3 aromatic heterocycles. The van der Waals surface area contributed by atoms with E-state index < -0.39 is 8.07 Å². The Kier molecular flexibility index (Phi) is 8.93. The van der Waals surface area contributed by atoms with E-state index in [1.165, 1.54) is 39.9 Å². The van der Waals surface area contributed by atoms with Crippen molar-refractivity contribution in [1.29, 1.82) is 0 Å². The van der Waals surface area contributed by atoms with Crippen LogP contribution < -0.4 is 5.19 Å². The first-order chi connectivity index (χ1) is 19.8. The first kappa shape index (κ1) is 30.1. The third kappa shape index (κ3) is 6.34. The predicted octanol–water partition coefficient (Wildman–Crippen LogP) is 9.54. The van der Waals surface area contributed by atoms with Crippen molar-refractivity contribution in [3.8, 4) is 22.5 Å². The number of pyridine rings is 2. The van der Waals surface area contributed by atoms with Crippen molar-refractivity contribution in [2.75, 3.05) is 0 Å². The van der Waals surface area contributed by atoms with Gasteiger partial charge in [-0.3, -0.25) is 0 Å². The van der Waals surface area contributed by atoms with Gasteiger partial charge in [0.25, 0.3) is 0 Å². The number of fused-ring (bicyclic) bond motifs is 3. The number of para-hydroxylation sites is 1. The molecule has 3 aromatic carbocycles. The van der Waals surface area contributed by atoms with E-state index in [1.54, 1.807) is 0 Å². The van der Waals surface area contributed by atoms with E-state index in [9.17, 15) is 0 Å². The number of benzene rings is 3. The molecule has 7 rings (SSSR count). The molecule has 6 aromatic rings. The van der Waals surface area contributed by atoms with E-state index in [4.69, 9.17) is 4.42 Å². The summed E-state index contributed by atoms with van der Waals surface area (Å²) in [5.74, 6) is 1.25. The zero-order valence-electron chi connectivity index (χ0n) is 24.9. The number of furan rings is 1. The maximum absolute atomic E-state index is 6.34. The number of hydrogen-bond donors (Lipinski definition) is 0. The van der Waals surface area contributed by atoms with Crippen LogP contribution in [0.5, 0.6) is 0 Å². The normalized spacial score (nSPS) is 13.1. The minimum Gasteiger partial charge on any atom is -0.501 e. The molecule has 0 bridgehead atoms. The molecule has 42 heavy (non-hydrogen) atoms. The molecule has 0 unspecified atom stereocenters. The monoisotopic (exact) mass is 745 g/mol. The van der Waals surface area contributed by atoms with Gasteiger partial charge in [0.2, 0.25) is 0 Å². The van der Waals surface area contributed by atoms with Gasteiger partial charge in [-0.2, -0.15) is 0 Å². The van der Waals surface area contributed by atoms with Crippen LogP contribution in [0.4, 0.5) is 0 Å². The largest absolute Gasteiger partial charge is 0.501 e. The number of hydrogen-bond acceptors (Lipinski definition) is 3. The van der Waals surface area contributed by atoms with Crippen molar-refractivity contribution in [2.45, 2.75) is 58.2 Å². The molecule has 1 fully saturated rings. The predicted molar refractivity (Wildman–Crippen MR) is 173 cm³/mol. The van der Waals surface area contributed by atoms with Crippen molar-refractivity contribution in [1.82, 2.24) is 9.97 Å². The molecule has 0 saturated heterocycles. The molecule has 3 heterocycles. The summed E-state index contributed by atoms with van der Waals surface area (Å²) in [5.41, 5.74) is 8.54. The Morgan fingerprint density at radius 3 is 2.33 bits per heavy atom. The topological polar surface area (TPSA) is 38.9 Å². The van der Waals surface area contributed by atoms with Gasteiger partial charge in [0, 0.05) is 46.0 Å². The van der Waals surface area contributed by atoms with Crippen LogP contribution in [0, 0.1) is 12.1 Å². The molecule has 1 saturated carbocycles. The van der Waals surface area contributed by atoms with Crippen molar-refractivity contribution in [3.63, 3.8) is 0 Å². The van der Waals surface area contributed by atoms with Crippen LogP contribution in [-0.4, -0.2) is 18.0 Å². The van der Waals surface area contributed by atoms with Gasteiger partial charge < -0.3 is 14.4 Å². The Morgan fingerprint density at radius 2 is 1.67 bits per heavy atom. The number of nitrogens with zero attached hydrogens (tertiary/aromatic N) is 2. The van der Waals surface area contributed by atoms with Crippen LogP contribution in [0.2, 0.25) is 19.6 Å². The van der Waals surface area contributed by atoms with Gasteiger partial charge in [0.1, 0.15) is 5.58 Å². The minimum atomic E-state index is -1.53. The summed E-state index contributed by atoms with van der Waals surface area (Å²) in [5, 5.41) is 3.86. The van der Waals surface area contributed by atoms with Crippen LogP contribution in [0.3, 0.4) is 0 Å². The summed E-state index contributed by atoms with van der Waals surface area (Å²) in [4.78, 5) is 9.09. The maximum atomic E-state index is 6.34. The van der Waals surface area contributed by atoms with Crippen molar-refractivity contribution in [3.05, 3.63) is 115 Å². The van der Waals surface area contributed by atoms with Crippen molar-refractivity contribution in [2.24, 2.45) is 0 Å². The average Bonchev–Trinajstić information content (AvgIpc) is 3.77. The summed E-state index contributed by atoms with van der Waals surface area (Å²) in [6, 6.07) is 33.7. The van der Waals surface area contributed by atoms with Crippen molar-refractivity contribution < 1.29 is 24.5 Å². The van der Waals surface area contributed by atoms with E-state index in [-0.39, 0.29) is 20.1 Å². The standard InChI is InChI=1S/C23H22NOSi.C14H14N.Ir/c1-26(2,3)21-11-10-17(19-14-16(12-13-24-19)15-8-9-15)23-22(21)18-6-4-5-7-20(18)25-23;1-11(2)13-8-9-14(15-10-13)12-6-4-3-5-7-12;/h4-7,11-15H,8-9H2,1-3H3;3-6,8-11H,1-2H3;/q2*-1;. The zero-order valence-corrected chi connectivity index (χ0v) is 28.3. The van der Waals surface area contributed by atoms with Crippen molar-refractivity contribution >= 4 is 35.2 Å². The van der Waals surface area contributed by atoms with Crippen LogP contribution in [0.1, 0.15) is 49.7 Å². The molecule has 1 radical (unpaired) electrons. The van der Waals surface area contributed by atoms with Gasteiger partial charge in [0.05, 0.1) is 5.58 Å². The third-order valence-electron chi connectivity index (χ3n) is 7.79. The Labute approximate surface area is 263 Å². The fourth-order valence-electron chi connectivity index (χ4n) is 5.27. The molecule has 215 valence electrons. The Hall–Kier alpha value is -3.37. The van der Waals surface area contributed by atoms with Crippen LogP contribution in [-0.2, 0) is 20.1 Å². The first-order valence-corrected chi connectivity index (χ1v) is 18.1. The van der Waals surface area contributed by atoms with E-state index in [0.29, 0.717) is 11.8 Å². The van der Waals surface area contributed by atoms with Gasteiger partial charge in [0.15, 0.2) is 0 Å². The van der Waals surface area contributed by atoms with Gasteiger partial charge >= 0.3 is 0 Å². The van der Waals surface area contributed by atoms with Gasteiger partial charge in [-0.1, -0.05) is 86.4 Å². The fourth-order valence-corrected chi connectivity index (χ4v) is 6.77. The van der Waals surface area contributed by atoms with Gasteiger partial charge in [-0.15, -0.1) is 53.2 Å². The molecule has 0 amide bonds. The van der Waals surface area contributed by atoms with Crippen LogP contribution in [0.15, 0.2) is 95.7 Å². The second-order valence-electron chi connectivity index (χ2n) is 12.3. The molecule has 0 N–H and O–H groups in total. The van der Waals surface area contributed by atoms with E-state index in [1.807, 2.05) is 42.7 Å². The summed E-state index contributed by atoms with van der Waals surface area (Å²) < 4.78 is 6.34. The van der Waals surface area contributed by atoms with Gasteiger partial charge in [-0.05, 0) is 53.8 Å². The smallest absolute Gasteiger partial charge is 0.120 e. The fraction of sp³-hybridized carbons (Fsp3) is 0.243. The molecule has 0 atom stereocenters. The maximum Gasteiger partial charge on any atom is 0.120 e. The second kappa shape index (κ2) is 12.5. The van der Waals surface area contributed by atoms with E-state index in [2.05, 4.69) is 104 Å². The zero-order chi connectivity index (χ0) is 28.6. The molecule has 3 nitrogen and oxygen atoms in total. The minimum absolute atomic E-state index is 0. The summed E-state index contributed by atoms with van der Waals surface area (Å²) in [6.45, 7) is 11.5. The van der Waals surface area contributed by atoms with Crippen LogP contribution >= 0.6 is 0 Å². The molecule has 0 aliphatic heterocycles. The summed E-state index contributed by atoms with van der Waals surface area (Å²) in [7, 11) is -1.53. The van der Waals surface area contributed by atoms with Crippen LogP contribution in [0.25, 0.3) is 44.5 Å². The van der Waals surface area contributed by atoms with Gasteiger partial charge in [-0.25, -0.2) is 0 Å². The molecule has 1 aliphatic rings. The first-order valence-electron chi connectivity index (χ1n) is 14.6. The molecule has 1 aliphatic carbocycles. The Balaban J connectivity index is 0.000000189. The second-order valence-corrected chi connectivity index (χ2v) is 17.3.